The summed E-state index contributed by atoms with van der Waals surface area (Å²) < 4.78 is 0. The van der Waals surface area contributed by atoms with Crippen molar-refractivity contribution in [3.8, 4) is 66.8 Å². The molecular weight excluding hydrogens is 685 g/mol. The van der Waals surface area contributed by atoms with Gasteiger partial charge >= 0.3 is 0 Å². The Morgan fingerprint density at radius 3 is 0.947 bits per heavy atom. The fraction of sp³-hybridized carbons (Fsp3) is 0.0526. The average molecular weight is 725 g/mol. The molecular formula is C57H40. The third kappa shape index (κ3) is 6.11. The van der Waals surface area contributed by atoms with E-state index < -0.39 is 0 Å². The molecule has 0 heteroatoms. The minimum atomic E-state index is 0.0846. The Bertz CT molecular complexity index is 2760. The van der Waals surface area contributed by atoms with Crippen molar-refractivity contribution >= 4 is 0 Å². The molecule has 0 aromatic heterocycles. The normalized spacial score (nSPS) is 12.2. The van der Waals surface area contributed by atoms with E-state index in [1.54, 1.807) is 0 Å². The van der Waals surface area contributed by atoms with Gasteiger partial charge in [-0.15, -0.1) is 0 Å². The highest BCUT2D eigenvalue weighted by Crippen LogP contribution is 2.42. The maximum Gasteiger partial charge on any atom is 0.0340 e. The van der Waals surface area contributed by atoms with Crippen LogP contribution in [0.15, 0.2) is 212 Å². The largest absolute Gasteiger partial charge is 0.0622 e. The first-order valence-electron chi connectivity index (χ1n) is 20.1. The average Bonchev–Trinajstić information content (AvgIpc) is 3.85. The summed E-state index contributed by atoms with van der Waals surface area (Å²) in [5, 5.41) is 0. The predicted molar refractivity (Wildman–Crippen MR) is 238 cm³/mol. The van der Waals surface area contributed by atoms with E-state index in [9.17, 15) is 0 Å². The maximum atomic E-state index is 2.38. The molecule has 9 aromatic carbocycles. The predicted octanol–water partition coefficient (Wildman–Crippen LogP) is 14.7. The van der Waals surface area contributed by atoms with Gasteiger partial charge in [0.2, 0.25) is 0 Å². The van der Waals surface area contributed by atoms with Crippen LogP contribution in [-0.4, -0.2) is 0 Å². The Labute approximate surface area is 335 Å². The second-order valence-corrected chi connectivity index (χ2v) is 15.7. The van der Waals surface area contributed by atoms with Gasteiger partial charge in [-0.05, 0) is 131 Å². The fourth-order valence-electron chi connectivity index (χ4n) is 9.27. The highest BCUT2D eigenvalue weighted by atomic mass is 14.3. The summed E-state index contributed by atoms with van der Waals surface area (Å²) in [5.41, 5.74) is 24.9. The van der Waals surface area contributed by atoms with Crippen LogP contribution < -0.4 is 0 Å². The number of hydrogen-bond donors (Lipinski definition) is 0. The molecule has 0 unspecified atom stereocenters. The number of fused-ring (bicyclic) bond motifs is 6. The van der Waals surface area contributed by atoms with Gasteiger partial charge in [0.1, 0.15) is 0 Å². The summed E-state index contributed by atoms with van der Waals surface area (Å²) in [6, 6.07) is 79.0. The van der Waals surface area contributed by atoms with Gasteiger partial charge in [0.25, 0.3) is 0 Å². The summed E-state index contributed by atoms with van der Waals surface area (Å²) in [5.74, 6) is 0.0846. The third-order valence-electron chi connectivity index (χ3n) is 12.3. The van der Waals surface area contributed by atoms with Crippen molar-refractivity contribution in [1.82, 2.24) is 0 Å². The van der Waals surface area contributed by atoms with Crippen LogP contribution in [0.3, 0.4) is 0 Å². The quantitative estimate of drug-likeness (QED) is 0.144. The van der Waals surface area contributed by atoms with E-state index in [0.717, 1.165) is 12.8 Å². The van der Waals surface area contributed by atoms with Crippen LogP contribution in [-0.2, 0) is 12.8 Å². The molecule has 0 N–H and O–H groups in total. The number of benzene rings is 9. The molecule has 0 nitrogen and oxygen atoms in total. The van der Waals surface area contributed by atoms with E-state index in [2.05, 4.69) is 212 Å². The number of rotatable bonds is 7. The van der Waals surface area contributed by atoms with Gasteiger partial charge in [0, 0.05) is 5.92 Å². The minimum absolute atomic E-state index is 0.0846. The molecule has 0 bridgehead atoms. The molecule has 2 aliphatic carbocycles. The zero-order valence-electron chi connectivity index (χ0n) is 31.7. The van der Waals surface area contributed by atoms with Crippen LogP contribution in [0.5, 0.6) is 0 Å². The Balaban J connectivity index is 0.931. The molecule has 0 heterocycles. The fourth-order valence-corrected chi connectivity index (χ4v) is 9.27. The van der Waals surface area contributed by atoms with E-state index in [-0.39, 0.29) is 5.92 Å². The standard InChI is InChI=1S/C57H40/c1-2-8-38(9-3-1)39-14-16-40(17-15-39)41-18-24-44(25-19-41)57(45-26-20-42(21-27-45)47-30-32-51-34-49-10-4-6-12-53(49)55(51)36-47)46-28-22-43(23-29-46)48-31-33-52-35-50-11-5-7-13-54(50)56(52)37-48/h1-33,36-37,57H,34-35H2. The van der Waals surface area contributed by atoms with Gasteiger partial charge in [-0.3, -0.25) is 0 Å². The molecule has 57 heavy (non-hydrogen) atoms. The summed E-state index contributed by atoms with van der Waals surface area (Å²) in [4.78, 5) is 0. The van der Waals surface area contributed by atoms with Crippen LogP contribution in [0.4, 0.5) is 0 Å². The Morgan fingerprint density at radius 1 is 0.228 bits per heavy atom. The Hall–Kier alpha value is -7.02. The van der Waals surface area contributed by atoms with Crippen molar-refractivity contribution in [1.29, 1.82) is 0 Å². The van der Waals surface area contributed by atoms with E-state index in [1.165, 1.54) is 106 Å². The lowest BCUT2D eigenvalue weighted by Gasteiger charge is -2.20. The van der Waals surface area contributed by atoms with Gasteiger partial charge in [0.05, 0.1) is 0 Å². The van der Waals surface area contributed by atoms with Gasteiger partial charge in [-0.2, -0.15) is 0 Å². The second kappa shape index (κ2) is 13.9. The lowest BCUT2D eigenvalue weighted by atomic mass is 9.83. The summed E-state index contributed by atoms with van der Waals surface area (Å²) in [6.07, 6.45) is 2.03. The van der Waals surface area contributed by atoms with E-state index in [1.807, 2.05) is 0 Å². The first kappa shape index (κ1) is 33.3. The van der Waals surface area contributed by atoms with Gasteiger partial charge in [0.15, 0.2) is 0 Å². The molecule has 268 valence electrons. The molecule has 2 aliphatic rings. The summed E-state index contributed by atoms with van der Waals surface area (Å²) >= 11 is 0. The van der Waals surface area contributed by atoms with Crippen LogP contribution in [0.1, 0.15) is 44.9 Å². The molecule has 0 saturated carbocycles. The van der Waals surface area contributed by atoms with Crippen molar-refractivity contribution in [3.05, 3.63) is 251 Å². The first-order chi connectivity index (χ1) is 28.2. The summed E-state index contributed by atoms with van der Waals surface area (Å²) in [6.45, 7) is 0. The molecule has 0 spiro atoms. The number of hydrogen-bond acceptors (Lipinski definition) is 0. The van der Waals surface area contributed by atoms with Gasteiger partial charge in [-0.25, -0.2) is 0 Å². The van der Waals surface area contributed by atoms with Gasteiger partial charge in [-0.1, -0.05) is 200 Å². The maximum absolute atomic E-state index is 2.38. The summed E-state index contributed by atoms with van der Waals surface area (Å²) in [7, 11) is 0. The van der Waals surface area contributed by atoms with Crippen LogP contribution >= 0.6 is 0 Å². The highest BCUT2D eigenvalue weighted by Gasteiger charge is 2.22. The monoisotopic (exact) mass is 724 g/mol. The van der Waals surface area contributed by atoms with Gasteiger partial charge < -0.3 is 0 Å². The third-order valence-corrected chi connectivity index (χ3v) is 12.3. The highest BCUT2D eigenvalue weighted by molar-refractivity contribution is 5.83. The van der Waals surface area contributed by atoms with Crippen LogP contribution in [0.2, 0.25) is 0 Å². The minimum Gasteiger partial charge on any atom is -0.0622 e. The zero-order chi connectivity index (χ0) is 37.7. The van der Waals surface area contributed by atoms with Crippen molar-refractivity contribution in [2.24, 2.45) is 0 Å². The van der Waals surface area contributed by atoms with Crippen molar-refractivity contribution in [2.75, 3.05) is 0 Å². The van der Waals surface area contributed by atoms with Crippen LogP contribution in [0, 0.1) is 0 Å². The molecule has 9 aromatic rings. The molecule has 0 amide bonds. The SMILES string of the molecule is c1ccc(-c2ccc(-c3ccc(C(c4ccc(-c5ccc6c(c5)-c5ccccc5C6)cc4)c4ccc(-c5ccc6c(c5)-c5ccccc5C6)cc4)cc3)cc2)cc1. The Morgan fingerprint density at radius 2 is 0.526 bits per heavy atom. The molecule has 0 aliphatic heterocycles. The first-order valence-corrected chi connectivity index (χ1v) is 20.1. The van der Waals surface area contributed by atoms with Crippen LogP contribution in [0.25, 0.3) is 66.8 Å². The smallest absolute Gasteiger partial charge is 0.0340 e. The second-order valence-electron chi connectivity index (χ2n) is 15.7. The van der Waals surface area contributed by atoms with E-state index in [4.69, 9.17) is 0 Å². The molecule has 0 radical (unpaired) electrons. The lowest BCUT2D eigenvalue weighted by molar-refractivity contribution is 0.978. The van der Waals surface area contributed by atoms with Crippen molar-refractivity contribution in [2.45, 2.75) is 18.8 Å². The topological polar surface area (TPSA) is 0 Å². The molecule has 0 atom stereocenters. The van der Waals surface area contributed by atoms with Crippen molar-refractivity contribution < 1.29 is 0 Å². The lowest BCUT2D eigenvalue weighted by Crippen LogP contribution is -2.03. The van der Waals surface area contributed by atoms with E-state index in [0.29, 0.717) is 0 Å². The Kier molecular flexibility index (Phi) is 8.14. The molecule has 11 rings (SSSR count). The van der Waals surface area contributed by atoms with E-state index >= 15 is 0 Å². The molecule has 0 saturated heterocycles. The van der Waals surface area contributed by atoms with Crippen molar-refractivity contribution in [3.63, 3.8) is 0 Å². The zero-order valence-corrected chi connectivity index (χ0v) is 31.7. The molecule has 0 fully saturated rings.